The van der Waals surface area contributed by atoms with Crippen LogP contribution < -0.4 is 10.0 Å². The van der Waals surface area contributed by atoms with Crippen LogP contribution in [0.2, 0.25) is 0 Å². The van der Waals surface area contributed by atoms with E-state index in [2.05, 4.69) is 15.0 Å². The van der Waals surface area contributed by atoms with Crippen molar-refractivity contribution in [2.75, 3.05) is 18.5 Å². The Kier molecular flexibility index (Phi) is 8.67. The molecule has 0 atom stereocenters. The van der Waals surface area contributed by atoms with Crippen molar-refractivity contribution < 1.29 is 22.7 Å². The van der Waals surface area contributed by atoms with Gasteiger partial charge in [-0.1, -0.05) is 49.9 Å². The molecule has 0 bridgehead atoms. The number of rotatable bonds is 8. The number of urea groups is 1. The highest BCUT2D eigenvalue weighted by molar-refractivity contribution is 7.91. The number of nitrogens with one attached hydrogen (secondary N) is 2. The van der Waals surface area contributed by atoms with E-state index in [0.29, 0.717) is 0 Å². The highest BCUT2D eigenvalue weighted by Crippen LogP contribution is 2.31. The highest BCUT2D eigenvalue weighted by Gasteiger charge is 2.33. The maximum absolute atomic E-state index is 13.2. The number of amides is 2. The van der Waals surface area contributed by atoms with Crippen molar-refractivity contribution in [1.29, 1.82) is 0 Å². The van der Waals surface area contributed by atoms with E-state index < -0.39 is 22.5 Å². The second-order valence-corrected chi connectivity index (χ2v) is 11.1. The van der Waals surface area contributed by atoms with Gasteiger partial charge in [-0.25, -0.2) is 18.2 Å². The molecule has 3 rings (SSSR count). The van der Waals surface area contributed by atoms with Crippen molar-refractivity contribution in [2.45, 2.75) is 87.4 Å². The molecule has 0 aliphatic heterocycles. The van der Waals surface area contributed by atoms with Gasteiger partial charge in [0.1, 0.15) is 6.54 Å². The summed E-state index contributed by atoms with van der Waals surface area (Å²) in [5.41, 5.74) is 0. The summed E-state index contributed by atoms with van der Waals surface area (Å²) in [5, 5.41) is 3.06. The summed E-state index contributed by atoms with van der Waals surface area (Å²) < 4.78 is 31.7. The topological polar surface area (TPSA) is 118 Å². The summed E-state index contributed by atoms with van der Waals surface area (Å²) in [4.78, 5) is 30.7. The molecule has 1 aromatic heterocycles. The molecule has 2 N–H and O–H groups in total. The fourth-order valence-electron chi connectivity index (χ4n) is 4.38. The van der Waals surface area contributed by atoms with Gasteiger partial charge in [0.2, 0.25) is 0 Å². The Hall–Kier alpha value is -1.72. The highest BCUT2D eigenvalue weighted by atomic mass is 32.2. The average Bonchev–Trinajstić information content (AvgIpc) is 3.24. The number of nitrogens with zero attached hydrogens (tertiary/aromatic N) is 2. The van der Waals surface area contributed by atoms with E-state index in [1.165, 1.54) is 19.0 Å². The van der Waals surface area contributed by atoms with E-state index in [1.54, 1.807) is 6.92 Å². The predicted molar refractivity (Wildman–Crippen MR) is 119 cm³/mol. The largest absolute Gasteiger partial charge is 0.465 e. The van der Waals surface area contributed by atoms with Crippen LogP contribution in [-0.2, 0) is 19.6 Å². The van der Waals surface area contributed by atoms with Crippen molar-refractivity contribution in [1.82, 2.24) is 14.6 Å². The van der Waals surface area contributed by atoms with Gasteiger partial charge < -0.3 is 9.64 Å². The Morgan fingerprint density at radius 1 is 1.10 bits per heavy atom. The third-order valence-electron chi connectivity index (χ3n) is 5.85. The summed E-state index contributed by atoms with van der Waals surface area (Å²) >= 11 is 0.872. The molecule has 0 unspecified atom stereocenters. The molecule has 0 spiro atoms. The molecule has 0 saturated heterocycles. The number of aromatic nitrogens is 1. The lowest BCUT2D eigenvalue weighted by Crippen LogP contribution is -2.50. The number of esters is 1. The smallest absolute Gasteiger partial charge is 0.324 e. The molecule has 1 heterocycles. The molecular weight excluding hydrogens is 440 g/mol. The van der Waals surface area contributed by atoms with Crippen molar-refractivity contribution in [3.05, 3.63) is 6.20 Å². The number of hydrogen-bond donors (Lipinski definition) is 2. The summed E-state index contributed by atoms with van der Waals surface area (Å²) in [5.74, 6) is -0.653. The number of ether oxygens (including phenoxy) is 1. The van der Waals surface area contributed by atoms with Crippen LogP contribution in [0.25, 0.3) is 0 Å². The molecule has 31 heavy (non-hydrogen) atoms. The molecule has 2 aliphatic carbocycles. The first-order valence-corrected chi connectivity index (χ1v) is 13.4. The van der Waals surface area contributed by atoms with Crippen molar-refractivity contribution in [3.8, 4) is 0 Å². The van der Waals surface area contributed by atoms with E-state index in [9.17, 15) is 18.0 Å². The van der Waals surface area contributed by atoms with Gasteiger partial charge in [-0.2, -0.15) is 4.72 Å². The first-order chi connectivity index (χ1) is 14.9. The van der Waals surface area contributed by atoms with Gasteiger partial charge in [-0.05, 0) is 32.6 Å². The third kappa shape index (κ3) is 6.63. The zero-order chi connectivity index (χ0) is 22.3. The Labute approximate surface area is 188 Å². The van der Waals surface area contributed by atoms with E-state index in [4.69, 9.17) is 4.74 Å². The summed E-state index contributed by atoms with van der Waals surface area (Å²) in [6.07, 6.45) is 12.2. The number of anilines is 1. The maximum atomic E-state index is 13.2. The van der Waals surface area contributed by atoms with Crippen LogP contribution in [0.3, 0.4) is 0 Å². The van der Waals surface area contributed by atoms with Crippen LogP contribution in [-0.4, -0.2) is 55.5 Å². The minimum absolute atomic E-state index is 0.0611. The Balaban J connectivity index is 1.66. The first kappa shape index (κ1) is 23.9. The lowest BCUT2D eigenvalue weighted by molar-refractivity contribution is -0.141. The number of sulfonamides is 1. The van der Waals surface area contributed by atoms with Crippen LogP contribution in [0.1, 0.15) is 71.1 Å². The Morgan fingerprint density at radius 2 is 1.68 bits per heavy atom. The van der Waals surface area contributed by atoms with E-state index in [-0.39, 0.29) is 34.1 Å². The first-order valence-electron chi connectivity index (χ1n) is 11.1. The Bertz CT molecular complexity index is 828. The molecule has 2 saturated carbocycles. The average molecular weight is 473 g/mol. The summed E-state index contributed by atoms with van der Waals surface area (Å²) in [6, 6.07) is 0.258. The molecule has 1 aromatic rings. The monoisotopic (exact) mass is 472 g/mol. The maximum Gasteiger partial charge on any atom is 0.324 e. The van der Waals surface area contributed by atoms with Crippen molar-refractivity contribution in [2.24, 2.45) is 0 Å². The molecule has 0 radical (unpaired) electrons. The van der Waals surface area contributed by atoms with Crippen molar-refractivity contribution in [3.63, 3.8) is 0 Å². The van der Waals surface area contributed by atoms with Gasteiger partial charge in [0.25, 0.3) is 10.0 Å². The molecule has 2 fully saturated rings. The molecule has 2 amide bonds. The SMILES string of the molecule is CCOC(=O)CNS(=O)(=O)c1cnc(NC(=O)N(C2CCCCC2)C2CCCCC2)s1. The van der Waals surface area contributed by atoms with Crippen LogP contribution in [0, 0.1) is 0 Å². The predicted octanol–water partition coefficient (Wildman–Crippen LogP) is 3.48. The number of hydrogen-bond acceptors (Lipinski definition) is 7. The van der Waals surface area contributed by atoms with Crippen LogP contribution in [0.15, 0.2) is 10.4 Å². The molecular formula is C20H32N4O5S2. The molecule has 11 heteroatoms. The van der Waals surface area contributed by atoms with Gasteiger partial charge in [-0.3, -0.25) is 10.1 Å². The number of thiazole rings is 1. The molecule has 174 valence electrons. The zero-order valence-electron chi connectivity index (χ0n) is 18.0. The van der Waals surface area contributed by atoms with Gasteiger partial charge >= 0.3 is 12.0 Å². The van der Waals surface area contributed by atoms with E-state index in [0.717, 1.165) is 62.7 Å². The van der Waals surface area contributed by atoms with Gasteiger partial charge in [0.05, 0.1) is 12.8 Å². The second-order valence-electron chi connectivity index (χ2n) is 8.04. The minimum Gasteiger partial charge on any atom is -0.465 e. The summed E-state index contributed by atoms with van der Waals surface area (Å²) in [6.45, 7) is 1.37. The zero-order valence-corrected chi connectivity index (χ0v) is 19.6. The van der Waals surface area contributed by atoms with Crippen LogP contribution >= 0.6 is 11.3 Å². The molecule has 0 aromatic carbocycles. The third-order valence-corrected chi connectivity index (χ3v) is 8.62. The lowest BCUT2D eigenvalue weighted by Gasteiger charge is -2.41. The normalized spacial score (nSPS) is 18.5. The lowest BCUT2D eigenvalue weighted by atomic mass is 9.89. The van der Waals surface area contributed by atoms with E-state index in [1.807, 2.05) is 4.90 Å². The second kappa shape index (κ2) is 11.2. The van der Waals surface area contributed by atoms with Crippen LogP contribution in [0.5, 0.6) is 0 Å². The van der Waals surface area contributed by atoms with Gasteiger partial charge in [-0.15, -0.1) is 0 Å². The fraction of sp³-hybridized carbons (Fsp3) is 0.750. The standard InChI is InChI=1S/C20H32N4O5S2/c1-2-29-17(25)13-22-31(27,28)18-14-21-19(30-18)23-20(26)24(15-9-5-3-6-10-15)16-11-7-4-8-12-16/h14-16,22H,2-13H2,1H3,(H,21,23,26). The van der Waals surface area contributed by atoms with Gasteiger partial charge in [0, 0.05) is 12.1 Å². The fourth-order valence-corrected chi connectivity index (χ4v) is 6.42. The van der Waals surface area contributed by atoms with E-state index >= 15 is 0 Å². The minimum atomic E-state index is -3.91. The molecule has 2 aliphatic rings. The summed E-state index contributed by atoms with van der Waals surface area (Å²) in [7, 11) is -3.91. The van der Waals surface area contributed by atoms with Gasteiger partial charge in [0.15, 0.2) is 9.34 Å². The van der Waals surface area contributed by atoms with Crippen LogP contribution in [0.4, 0.5) is 9.93 Å². The molecule has 9 nitrogen and oxygen atoms in total. The number of carbonyl (C=O) groups is 2. The van der Waals surface area contributed by atoms with Crippen molar-refractivity contribution >= 4 is 38.5 Å². The quantitative estimate of drug-likeness (QED) is 0.559. The Morgan fingerprint density at radius 3 is 2.23 bits per heavy atom. The number of carbonyl (C=O) groups excluding carboxylic acids is 2.